The molecule has 2 heterocycles. The molecular formula is C35H59BrN2O4. The Bertz CT molecular complexity index is 980. The molecule has 10 atom stereocenters. The number of fused-ring (bicyclic) bond motifs is 5. The number of halogens is 1. The Balaban J connectivity index is 0.00000353. The highest BCUT2D eigenvalue weighted by atomic mass is 79.9. The highest BCUT2D eigenvalue weighted by Gasteiger charge is 2.67. The number of rotatable bonds is 5. The van der Waals surface area contributed by atoms with E-state index in [1.807, 2.05) is 6.92 Å². The van der Waals surface area contributed by atoms with Crippen molar-refractivity contribution in [3.8, 4) is 0 Å². The van der Waals surface area contributed by atoms with Crippen LogP contribution in [-0.2, 0) is 19.1 Å². The van der Waals surface area contributed by atoms with Gasteiger partial charge in [-0.3, -0.25) is 14.5 Å². The largest absolute Gasteiger partial charge is 1.00 e. The van der Waals surface area contributed by atoms with Crippen molar-refractivity contribution in [2.45, 2.75) is 142 Å². The van der Waals surface area contributed by atoms with E-state index in [9.17, 15) is 9.59 Å². The fourth-order valence-corrected chi connectivity index (χ4v) is 11.8. The highest BCUT2D eigenvalue weighted by Crippen LogP contribution is 2.67. The van der Waals surface area contributed by atoms with E-state index in [-0.39, 0.29) is 46.5 Å². The van der Waals surface area contributed by atoms with Crippen LogP contribution in [-0.4, -0.2) is 78.8 Å². The Labute approximate surface area is 266 Å². The third kappa shape index (κ3) is 5.63. The molecule has 7 heteroatoms. The zero-order chi connectivity index (χ0) is 29.0. The molecule has 42 heavy (non-hydrogen) atoms. The number of nitrogens with zero attached hydrogens (tertiary/aromatic N) is 2. The lowest BCUT2D eigenvalue weighted by atomic mass is 9.44. The van der Waals surface area contributed by atoms with Crippen molar-refractivity contribution in [3.05, 3.63) is 0 Å². The van der Waals surface area contributed by atoms with Gasteiger partial charge in [-0.1, -0.05) is 27.2 Å². The molecule has 4 aliphatic carbocycles. The Morgan fingerprint density at radius 1 is 0.881 bits per heavy atom. The summed E-state index contributed by atoms with van der Waals surface area (Å²) in [6.07, 6.45) is 16.8. The van der Waals surface area contributed by atoms with Gasteiger partial charge >= 0.3 is 11.9 Å². The Morgan fingerprint density at radius 3 is 2.24 bits per heavy atom. The van der Waals surface area contributed by atoms with Gasteiger partial charge in [0.05, 0.1) is 20.1 Å². The number of carbonyl (C=O) groups excluding carboxylic acids is 2. The first-order valence-electron chi connectivity index (χ1n) is 17.5. The Morgan fingerprint density at radius 2 is 1.57 bits per heavy atom. The number of likely N-dealkylation sites (tertiary alicyclic amines) is 2. The van der Waals surface area contributed by atoms with Crippen LogP contribution in [0.4, 0.5) is 0 Å². The lowest BCUT2D eigenvalue weighted by molar-refractivity contribution is -0.940. The maximum absolute atomic E-state index is 12.9. The molecule has 0 radical (unpaired) electrons. The van der Waals surface area contributed by atoms with Crippen molar-refractivity contribution in [1.29, 1.82) is 0 Å². The van der Waals surface area contributed by atoms with Gasteiger partial charge in [-0.2, -0.15) is 0 Å². The molecule has 6 aliphatic rings. The van der Waals surface area contributed by atoms with E-state index in [0.717, 1.165) is 29.9 Å². The van der Waals surface area contributed by atoms with Gasteiger partial charge in [0.15, 0.2) is 6.10 Å². The molecule has 0 aromatic rings. The van der Waals surface area contributed by atoms with Crippen LogP contribution >= 0.6 is 0 Å². The van der Waals surface area contributed by atoms with E-state index in [1.54, 1.807) is 6.92 Å². The van der Waals surface area contributed by atoms with Crippen molar-refractivity contribution in [2.75, 3.05) is 33.2 Å². The number of ether oxygens (including phenoxy) is 2. The molecule has 0 unspecified atom stereocenters. The van der Waals surface area contributed by atoms with E-state index >= 15 is 0 Å². The second-order valence-corrected chi connectivity index (χ2v) is 16.0. The summed E-state index contributed by atoms with van der Waals surface area (Å²) in [6.45, 7) is 13.5. The minimum absolute atomic E-state index is 0. The van der Waals surface area contributed by atoms with Gasteiger partial charge in [0, 0.05) is 31.2 Å². The maximum Gasteiger partial charge on any atom is 0.306 e. The summed E-state index contributed by atoms with van der Waals surface area (Å²) in [5.74, 6) is 2.59. The van der Waals surface area contributed by atoms with Gasteiger partial charge in [0.2, 0.25) is 0 Å². The number of esters is 2. The van der Waals surface area contributed by atoms with E-state index in [4.69, 9.17) is 9.47 Å². The number of hydrogen-bond acceptors (Lipinski definition) is 5. The second-order valence-electron chi connectivity index (χ2n) is 16.0. The molecule has 6 nitrogen and oxygen atoms in total. The van der Waals surface area contributed by atoms with Crippen LogP contribution < -0.4 is 17.0 Å². The number of carbonyl (C=O) groups is 2. The number of quaternary nitrogens is 1. The van der Waals surface area contributed by atoms with E-state index in [0.29, 0.717) is 41.7 Å². The average molecular weight is 652 g/mol. The smallest absolute Gasteiger partial charge is 0.306 e. The van der Waals surface area contributed by atoms with Crippen molar-refractivity contribution in [3.63, 3.8) is 0 Å². The van der Waals surface area contributed by atoms with Crippen LogP contribution in [0.15, 0.2) is 0 Å². The van der Waals surface area contributed by atoms with E-state index < -0.39 is 0 Å². The molecule has 0 aromatic carbocycles. The molecule has 6 rings (SSSR count). The van der Waals surface area contributed by atoms with Crippen LogP contribution in [0.5, 0.6) is 0 Å². The summed E-state index contributed by atoms with van der Waals surface area (Å²) in [7, 11) is 2.48. The summed E-state index contributed by atoms with van der Waals surface area (Å²) in [5, 5.41) is 0. The van der Waals surface area contributed by atoms with Crippen LogP contribution in [0, 0.1) is 34.5 Å². The standard InChI is InChI=1S/C35H59N2O4.BrH/c1-6-32(39)41-33-30(37(5)19-11-8-12-20-37)22-28-26-14-13-25-21-31(40-24(2)38)29(36-17-9-7-10-18-36)23-35(25,4)27(26)15-16-34(28,33)3;/h25-31,33H,6-23H2,1-5H3;1H/q+1;/p-1/t25-,26+,27-,28-,29-,30-,31-,33+,34-,35-;/m0./s1. The predicted octanol–water partition coefficient (Wildman–Crippen LogP) is 3.36. The molecule has 0 aromatic heterocycles. The summed E-state index contributed by atoms with van der Waals surface area (Å²) in [5.41, 5.74) is 0.375. The Hall–Kier alpha value is -0.660. The predicted molar refractivity (Wildman–Crippen MR) is 161 cm³/mol. The minimum Gasteiger partial charge on any atom is -1.00 e. The molecule has 240 valence electrons. The first-order chi connectivity index (χ1) is 19.6. The minimum atomic E-state index is -0.110. The van der Waals surface area contributed by atoms with Crippen molar-refractivity contribution in [1.82, 2.24) is 4.90 Å². The maximum atomic E-state index is 12.9. The van der Waals surface area contributed by atoms with Crippen LogP contribution in [0.3, 0.4) is 0 Å². The number of piperidine rings is 2. The van der Waals surface area contributed by atoms with Gasteiger partial charge in [-0.15, -0.1) is 0 Å². The zero-order valence-electron chi connectivity index (χ0n) is 27.3. The molecule has 0 spiro atoms. The fourth-order valence-electron chi connectivity index (χ4n) is 11.8. The normalized spacial score (nSPS) is 45.0. The van der Waals surface area contributed by atoms with Crippen LogP contribution in [0.1, 0.15) is 118 Å². The van der Waals surface area contributed by atoms with Gasteiger partial charge < -0.3 is 30.9 Å². The second kappa shape index (κ2) is 12.6. The lowest BCUT2D eigenvalue weighted by Gasteiger charge is -2.62. The summed E-state index contributed by atoms with van der Waals surface area (Å²) >= 11 is 0. The highest BCUT2D eigenvalue weighted by molar-refractivity contribution is 5.69. The topological polar surface area (TPSA) is 55.8 Å². The lowest BCUT2D eigenvalue weighted by Crippen LogP contribution is -3.00. The molecule has 6 fully saturated rings. The first kappa shape index (κ1) is 32.7. The average Bonchev–Trinajstić information content (AvgIpc) is 3.26. The molecular weight excluding hydrogens is 592 g/mol. The zero-order valence-corrected chi connectivity index (χ0v) is 28.8. The summed E-state index contributed by atoms with van der Waals surface area (Å²) in [4.78, 5) is 27.8. The molecule has 0 bridgehead atoms. The number of hydrogen-bond donors (Lipinski definition) is 0. The van der Waals surface area contributed by atoms with Gasteiger partial charge in [-0.25, -0.2) is 0 Å². The molecule has 2 aliphatic heterocycles. The molecule has 4 saturated carbocycles. The first-order valence-corrected chi connectivity index (χ1v) is 17.5. The fraction of sp³-hybridized carbons (Fsp3) is 0.943. The van der Waals surface area contributed by atoms with Crippen molar-refractivity contribution < 1.29 is 40.5 Å². The van der Waals surface area contributed by atoms with Crippen molar-refractivity contribution in [2.24, 2.45) is 34.5 Å². The van der Waals surface area contributed by atoms with E-state index in [1.165, 1.54) is 90.1 Å². The summed E-state index contributed by atoms with van der Waals surface area (Å²) < 4.78 is 13.7. The molecule has 2 saturated heterocycles. The monoisotopic (exact) mass is 650 g/mol. The molecule has 0 N–H and O–H groups in total. The van der Waals surface area contributed by atoms with Gasteiger partial charge in [-0.05, 0) is 113 Å². The quantitative estimate of drug-likeness (QED) is 0.338. The van der Waals surface area contributed by atoms with Crippen LogP contribution in [0.25, 0.3) is 0 Å². The molecule has 0 amide bonds. The van der Waals surface area contributed by atoms with Gasteiger partial charge in [0.1, 0.15) is 12.1 Å². The Kier molecular flexibility index (Phi) is 9.83. The van der Waals surface area contributed by atoms with Crippen LogP contribution in [0.2, 0.25) is 0 Å². The summed E-state index contributed by atoms with van der Waals surface area (Å²) in [6, 6.07) is 0.797. The van der Waals surface area contributed by atoms with E-state index in [2.05, 4.69) is 25.8 Å². The third-order valence-corrected chi connectivity index (χ3v) is 14.0. The third-order valence-electron chi connectivity index (χ3n) is 14.0. The van der Waals surface area contributed by atoms with Gasteiger partial charge in [0.25, 0.3) is 0 Å². The number of likely N-dealkylation sites (N-methyl/N-ethyl adjacent to an activating group) is 1. The van der Waals surface area contributed by atoms with Crippen molar-refractivity contribution >= 4 is 11.9 Å². The SMILES string of the molecule is CCC(=O)O[C@@H]1[C@@H]([N+]2(C)CCCCC2)C[C@H]2[C@@H]3CC[C@H]4C[C@H](OC(C)=O)[C@@H](N5CCCCC5)C[C@]4(C)[C@H]3CC[C@]12C.[Br-].